The Balaban J connectivity index is 2.62. The summed E-state index contributed by atoms with van der Waals surface area (Å²) in [5.74, 6) is -0.280. The number of fused-ring (bicyclic) bond motifs is 1. The molecule has 0 spiro atoms. The lowest BCUT2D eigenvalue weighted by atomic mass is 10.1. The molecular weight excluding hydrogens is 240 g/mol. The zero-order chi connectivity index (χ0) is 14.0. The van der Waals surface area contributed by atoms with Gasteiger partial charge in [0.15, 0.2) is 0 Å². The van der Waals surface area contributed by atoms with Crippen LogP contribution in [-0.4, -0.2) is 20.6 Å². The molecule has 0 amide bonds. The molecular formula is C15H18N2O2. The van der Waals surface area contributed by atoms with Crippen molar-refractivity contribution in [2.24, 2.45) is 0 Å². The predicted molar refractivity (Wildman–Crippen MR) is 76.2 cm³/mol. The van der Waals surface area contributed by atoms with Crippen LogP contribution in [-0.2, 0) is 11.2 Å². The highest BCUT2D eigenvalue weighted by Crippen LogP contribution is 2.23. The van der Waals surface area contributed by atoms with E-state index in [1.54, 1.807) is 6.08 Å². The van der Waals surface area contributed by atoms with Crippen molar-refractivity contribution in [1.82, 2.24) is 9.55 Å². The van der Waals surface area contributed by atoms with Gasteiger partial charge in [-0.05, 0) is 44.0 Å². The van der Waals surface area contributed by atoms with E-state index in [2.05, 4.69) is 44.0 Å². The SMILES string of the molecule is CCc1ccc2c(c1)nc(/C=C/C(=O)O)n2C(C)C. The highest BCUT2D eigenvalue weighted by atomic mass is 16.4. The van der Waals surface area contributed by atoms with Crippen molar-refractivity contribution >= 4 is 23.1 Å². The van der Waals surface area contributed by atoms with E-state index in [1.807, 2.05) is 4.57 Å². The minimum atomic E-state index is -0.961. The first-order chi connectivity index (χ1) is 9.02. The van der Waals surface area contributed by atoms with Crippen LogP contribution in [0, 0.1) is 0 Å². The zero-order valence-corrected chi connectivity index (χ0v) is 11.4. The molecule has 1 aromatic heterocycles. The number of aliphatic carboxylic acids is 1. The molecule has 4 nitrogen and oxygen atoms in total. The normalized spacial score (nSPS) is 11.8. The standard InChI is InChI=1S/C15H18N2O2/c1-4-11-5-6-13-12(9-11)16-14(7-8-15(18)19)17(13)10(2)3/h5-10H,4H2,1-3H3,(H,18,19)/b8-7+. The Morgan fingerprint density at radius 1 is 1.47 bits per heavy atom. The largest absolute Gasteiger partial charge is 0.478 e. The second kappa shape index (κ2) is 5.26. The Bertz CT molecular complexity index is 639. The van der Waals surface area contributed by atoms with Gasteiger partial charge in [-0.15, -0.1) is 0 Å². The molecule has 0 aliphatic rings. The summed E-state index contributed by atoms with van der Waals surface area (Å²) in [5.41, 5.74) is 3.19. The second-order valence-electron chi connectivity index (χ2n) is 4.78. The van der Waals surface area contributed by atoms with Crippen molar-refractivity contribution in [3.63, 3.8) is 0 Å². The molecule has 0 unspecified atom stereocenters. The van der Waals surface area contributed by atoms with Gasteiger partial charge in [0.2, 0.25) is 0 Å². The third kappa shape index (κ3) is 2.67. The van der Waals surface area contributed by atoms with Gasteiger partial charge in [0.25, 0.3) is 0 Å². The molecule has 19 heavy (non-hydrogen) atoms. The van der Waals surface area contributed by atoms with Crippen LogP contribution in [0.3, 0.4) is 0 Å². The van der Waals surface area contributed by atoms with Gasteiger partial charge in [0, 0.05) is 12.1 Å². The Kier molecular flexibility index (Phi) is 3.69. The molecule has 2 aromatic rings. The van der Waals surface area contributed by atoms with Crippen molar-refractivity contribution in [1.29, 1.82) is 0 Å². The van der Waals surface area contributed by atoms with Gasteiger partial charge in [0.1, 0.15) is 5.82 Å². The lowest BCUT2D eigenvalue weighted by molar-refractivity contribution is -0.131. The molecule has 2 rings (SSSR count). The van der Waals surface area contributed by atoms with Crippen LogP contribution in [0.15, 0.2) is 24.3 Å². The lowest BCUT2D eigenvalue weighted by Crippen LogP contribution is -2.03. The molecule has 1 aromatic carbocycles. The highest BCUT2D eigenvalue weighted by Gasteiger charge is 2.11. The number of carboxylic acids is 1. The minimum absolute atomic E-state index is 0.228. The molecule has 0 atom stereocenters. The van der Waals surface area contributed by atoms with Crippen LogP contribution < -0.4 is 0 Å². The smallest absolute Gasteiger partial charge is 0.328 e. The van der Waals surface area contributed by atoms with Crippen LogP contribution in [0.5, 0.6) is 0 Å². The number of aromatic nitrogens is 2. The molecule has 4 heteroatoms. The topological polar surface area (TPSA) is 55.1 Å². The van der Waals surface area contributed by atoms with E-state index in [9.17, 15) is 4.79 Å². The van der Waals surface area contributed by atoms with Crippen molar-refractivity contribution < 1.29 is 9.90 Å². The molecule has 0 radical (unpaired) electrons. The third-order valence-corrected chi connectivity index (χ3v) is 3.08. The molecule has 0 fully saturated rings. The first kappa shape index (κ1) is 13.3. The van der Waals surface area contributed by atoms with Crippen LogP contribution in [0.4, 0.5) is 0 Å². The van der Waals surface area contributed by atoms with Gasteiger partial charge in [-0.2, -0.15) is 0 Å². The maximum atomic E-state index is 10.6. The number of benzene rings is 1. The molecule has 0 saturated heterocycles. The fourth-order valence-corrected chi connectivity index (χ4v) is 2.19. The summed E-state index contributed by atoms with van der Waals surface area (Å²) < 4.78 is 2.05. The molecule has 1 heterocycles. The first-order valence-corrected chi connectivity index (χ1v) is 6.44. The first-order valence-electron chi connectivity index (χ1n) is 6.44. The Morgan fingerprint density at radius 2 is 2.21 bits per heavy atom. The number of hydrogen-bond acceptors (Lipinski definition) is 2. The summed E-state index contributed by atoms with van der Waals surface area (Å²) in [6.45, 7) is 6.23. The van der Waals surface area contributed by atoms with Crippen molar-refractivity contribution in [3.8, 4) is 0 Å². The zero-order valence-electron chi connectivity index (χ0n) is 11.4. The predicted octanol–water partition coefficient (Wildman–Crippen LogP) is 3.28. The average Bonchev–Trinajstić information content (AvgIpc) is 2.73. The van der Waals surface area contributed by atoms with Crippen LogP contribution >= 0.6 is 0 Å². The monoisotopic (exact) mass is 258 g/mol. The van der Waals surface area contributed by atoms with Gasteiger partial charge in [0.05, 0.1) is 11.0 Å². The maximum Gasteiger partial charge on any atom is 0.328 e. The Hall–Kier alpha value is -2.10. The van der Waals surface area contributed by atoms with Crippen LogP contribution in [0.25, 0.3) is 17.1 Å². The van der Waals surface area contributed by atoms with Gasteiger partial charge >= 0.3 is 5.97 Å². The number of nitrogens with zero attached hydrogens (tertiary/aromatic N) is 2. The second-order valence-corrected chi connectivity index (χ2v) is 4.78. The summed E-state index contributed by atoms with van der Waals surface area (Å²) in [6.07, 6.45) is 3.64. The fourth-order valence-electron chi connectivity index (χ4n) is 2.19. The summed E-state index contributed by atoms with van der Waals surface area (Å²) in [5, 5.41) is 8.74. The third-order valence-electron chi connectivity index (χ3n) is 3.08. The molecule has 100 valence electrons. The molecule has 0 bridgehead atoms. The number of carboxylic acid groups (broad SMARTS) is 1. The average molecular weight is 258 g/mol. The van der Waals surface area contributed by atoms with Crippen LogP contribution in [0.1, 0.15) is 38.2 Å². The molecule has 0 aliphatic carbocycles. The summed E-state index contributed by atoms with van der Waals surface area (Å²) in [6, 6.07) is 6.44. The van der Waals surface area contributed by atoms with E-state index in [-0.39, 0.29) is 6.04 Å². The van der Waals surface area contributed by atoms with Gasteiger partial charge in [-0.1, -0.05) is 13.0 Å². The number of imidazole rings is 1. The van der Waals surface area contributed by atoms with Crippen molar-refractivity contribution in [2.75, 3.05) is 0 Å². The fraction of sp³-hybridized carbons (Fsp3) is 0.333. The van der Waals surface area contributed by atoms with E-state index in [4.69, 9.17) is 5.11 Å². The summed E-state index contributed by atoms with van der Waals surface area (Å²) in [7, 11) is 0. The van der Waals surface area contributed by atoms with E-state index in [1.165, 1.54) is 5.56 Å². The molecule has 1 N–H and O–H groups in total. The Labute approximate surface area is 112 Å². The quantitative estimate of drug-likeness (QED) is 0.856. The van der Waals surface area contributed by atoms with Crippen molar-refractivity contribution in [3.05, 3.63) is 35.7 Å². The molecule has 0 aliphatic heterocycles. The number of carbonyl (C=O) groups is 1. The van der Waals surface area contributed by atoms with Gasteiger partial charge in [-0.25, -0.2) is 9.78 Å². The summed E-state index contributed by atoms with van der Waals surface area (Å²) >= 11 is 0. The minimum Gasteiger partial charge on any atom is -0.478 e. The molecule has 0 saturated carbocycles. The van der Waals surface area contributed by atoms with E-state index in [0.29, 0.717) is 5.82 Å². The maximum absolute atomic E-state index is 10.6. The number of hydrogen-bond donors (Lipinski definition) is 1. The number of rotatable bonds is 4. The highest BCUT2D eigenvalue weighted by molar-refractivity contribution is 5.86. The van der Waals surface area contributed by atoms with Gasteiger partial charge in [-0.3, -0.25) is 0 Å². The Morgan fingerprint density at radius 3 is 2.79 bits per heavy atom. The van der Waals surface area contributed by atoms with E-state index < -0.39 is 5.97 Å². The number of aryl methyl sites for hydroxylation is 1. The van der Waals surface area contributed by atoms with Crippen molar-refractivity contribution in [2.45, 2.75) is 33.2 Å². The summed E-state index contributed by atoms with van der Waals surface area (Å²) in [4.78, 5) is 15.2. The lowest BCUT2D eigenvalue weighted by Gasteiger charge is -2.11. The van der Waals surface area contributed by atoms with Crippen LogP contribution in [0.2, 0.25) is 0 Å². The van der Waals surface area contributed by atoms with Gasteiger partial charge < -0.3 is 9.67 Å². The van der Waals surface area contributed by atoms with E-state index >= 15 is 0 Å². The van der Waals surface area contributed by atoms with E-state index in [0.717, 1.165) is 23.5 Å².